The Labute approximate surface area is 88.1 Å². The highest BCUT2D eigenvalue weighted by atomic mass is 32.1. The smallest absolute Gasteiger partial charge is 0.205 e. The molecule has 0 aliphatic carbocycles. The van der Waals surface area contributed by atoms with Gasteiger partial charge >= 0.3 is 0 Å². The molecule has 1 fully saturated rings. The normalized spacial score (nSPS) is 18.4. The van der Waals surface area contributed by atoms with Crippen molar-refractivity contribution in [1.29, 1.82) is 0 Å². The molecule has 0 bridgehead atoms. The largest absolute Gasteiger partial charge is 0.357 e. The molecule has 0 amide bonds. The van der Waals surface area contributed by atoms with Crippen LogP contribution in [0.5, 0.6) is 0 Å². The van der Waals surface area contributed by atoms with Gasteiger partial charge in [-0.1, -0.05) is 18.3 Å². The summed E-state index contributed by atoms with van der Waals surface area (Å²) in [5.74, 6) is 0. The van der Waals surface area contributed by atoms with E-state index in [1.165, 1.54) is 12.8 Å². The van der Waals surface area contributed by atoms with Gasteiger partial charge < -0.3 is 10.6 Å². The summed E-state index contributed by atoms with van der Waals surface area (Å²) < 4.78 is 0. The van der Waals surface area contributed by atoms with Gasteiger partial charge in [-0.2, -0.15) is 0 Å². The first-order valence-corrected chi connectivity index (χ1v) is 5.99. The van der Waals surface area contributed by atoms with Crippen molar-refractivity contribution < 1.29 is 0 Å². The molecule has 0 atom stereocenters. The Kier molecular flexibility index (Phi) is 3.31. The molecule has 0 radical (unpaired) electrons. The van der Waals surface area contributed by atoms with Crippen LogP contribution in [0.4, 0.5) is 5.13 Å². The molecule has 1 aliphatic rings. The number of nitrogens with one attached hydrogen (secondary N) is 2. The third-order valence-electron chi connectivity index (χ3n) is 2.44. The van der Waals surface area contributed by atoms with E-state index in [-0.39, 0.29) is 0 Å². The van der Waals surface area contributed by atoms with Crippen LogP contribution in [0.15, 0.2) is 0 Å². The molecule has 78 valence electrons. The van der Waals surface area contributed by atoms with Crippen molar-refractivity contribution in [1.82, 2.24) is 15.5 Å². The number of anilines is 1. The standard InChI is InChI=1S/C9H16N4S/c1-2-8-12-13-9(14-8)11-7-3-5-10-6-4-7/h7,10H,2-6H2,1H3,(H,11,13). The van der Waals surface area contributed by atoms with E-state index in [4.69, 9.17) is 0 Å². The zero-order valence-corrected chi connectivity index (χ0v) is 9.23. The summed E-state index contributed by atoms with van der Waals surface area (Å²) >= 11 is 1.67. The lowest BCUT2D eigenvalue weighted by Crippen LogP contribution is -2.35. The van der Waals surface area contributed by atoms with Gasteiger partial charge in [0.15, 0.2) is 0 Å². The van der Waals surface area contributed by atoms with Gasteiger partial charge in [0.05, 0.1) is 0 Å². The SMILES string of the molecule is CCc1nnc(NC2CCNCC2)s1. The number of piperidine rings is 1. The summed E-state index contributed by atoms with van der Waals surface area (Å²) in [6.07, 6.45) is 3.34. The topological polar surface area (TPSA) is 49.8 Å². The molecule has 0 saturated carbocycles. The van der Waals surface area contributed by atoms with Crippen molar-refractivity contribution in [2.24, 2.45) is 0 Å². The van der Waals surface area contributed by atoms with Crippen LogP contribution in [0.1, 0.15) is 24.8 Å². The van der Waals surface area contributed by atoms with E-state index in [0.717, 1.165) is 29.6 Å². The lowest BCUT2D eigenvalue weighted by Gasteiger charge is -2.22. The van der Waals surface area contributed by atoms with Crippen molar-refractivity contribution >= 4 is 16.5 Å². The molecule has 1 aliphatic heterocycles. The van der Waals surface area contributed by atoms with E-state index in [9.17, 15) is 0 Å². The number of nitrogens with zero attached hydrogens (tertiary/aromatic N) is 2. The van der Waals surface area contributed by atoms with Crippen LogP contribution < -0.4 is 10.6 Å². The second-order valence-corrected chi connectivity index (χ2v) is 4.59. The maximum Gasteiger partial charge on any atom is 0.205 e. The second kappa shape index (κ2) is 4.70. The minimum atomic E-state index is 0.578. The quantitative estimate of drug-likeness (QED) is 0.792. The van der Waals surface area contributed by atoms with E-state index in [1.54, 1.807) is 11.3 Å². The van der Waals surface area contributed by atoms with E-state index >= 15 is 0 Å². The Hall–Kier alpha value is -0.680. The number of aromatic nitrogens is 2. The number of hydrogen-bond donors (Lipinski definition) is 2. The Morgan fingerprint density at radius 3 is 2.86 bits per heavy atom. The molecule has 1 aromatic rings. The van der Waals surface area contributed by atoms with Gasteiger partial charge in [-0.15, -0.1) is 10.2 Å². The molecule has 0 unspecified atom stereocenters. The van der Waals surface area contributed by atoms with Crippen LogP contribution in [0.25, 0.3) is 0 Å². The summed E-state index contributed by atoms with van der Waals surface area (Å²) in [4.78, 5) is 0. The van der Waals surface area contributed by atoms with Gasteiger partial charge in [-0.25, -0.2) is 0 Å². The highest BCUT2D eigenvalue weighted by Gasteiger charge is 2.14. The first-order valence-electron chi connectivity index (χ1n) is 5.18. The molecule has 5 heteroatoms. The van der Waals surface area contributed by atoms with Gasteiger partial charge in [0.1, 0.15) is 5.01 Å². The molecule has 1 aromatic heterocycles. The van der Waals surface area contributed by atoms with E-state index in [2.05, 4.69) is 27.8 Å². The maximum absolute atomic E-state index is 4.12. The highest BCUT2D eigenvalue weighted by molar-refractivity contribution is 7.15. The van der Waals surface area contributed by atoms with Crippen LogP contribution in [-0.4, -0.2) is 29.3 Å². The molecule has 4 nitrogen and oxygen atoms in total. The highest BCUT2D eigenvalue weighted by Crippen LogP contribution is 2.18. The van der Waals surface area contributed by atoms with Crippen molar-refractivity contribution in [3.8, 4) is 0 Å². The second-order valence-electron chi connectivity index (χ2n) is 3.52. The summed E-state index contributed by atoms with van der Waals surface area (Å²) in [5.41, 5.74) is 0. The van der Waals surface area contributed by atoms with Gasteiger partial charge in [0.25, 0.3) is 0 Å². The van der Waals surface area contributed by atoms with E-state index < -0.39 is 0 Å². The van der Waals surface area contributed by atoms with E-state index in [0.29, 0.717) is 6.04 Å². The predicted octanol–water partition coefficient (Wildman–Crippen LogP) is 1.26. The third-order valence-corrected chi connectivity index (χ3v) is 3.43. The fourth-order valence-electron chi connectivity index (χ4n) is 1.60. The Bertz CT molecular complexity index is 280. The number of hydrogen-bond acceptors (Lipinski definition) is 5. The van der Waals surface area contributed by atoms with Gasteiger partial charge in [-0.3, -0.25) is 0 Å². The zero-order valence-electron chi connectivity index (χ0n) is 8.42. The van der Waals surface area contributed by atoms with Crippen molar-refractivity contribution in [3.63, 3.8) is 0 Å². The summed E-state index contributed by atoms with van der Waals surface area (Å²) in [6.45, 7) is 4.32. The van der Waals surface area contributed by atoms with Crippen molar-refractivity contribution in [2.75, 3.05) is 18.4 Å². The van der Waals surface area contributed by atoms with Crippen LogP contribution >= 0.6 is 11.3 Å². The first kappa shape index (κ1) is 9.86. The molecule has 14 heavy (non-hydrogen) atoms. The van der Waals surface area contributed by atoms with Crippen LogP contribution in [0.3, 0.4) is 0 Å². The van der Waals surface area contributed by atoms with E-state index in [1.807, 2.05) is 0 Å². The molecule has 0 spiro atoms. The van der Waals surface area contributed by atoms with Gasteiger partial charge in [0, 0.05) is 6.04 Å². The lowest BCUT2D eigenvalue weighted by atomic mass is 10.1. The molecule has 2 N–H and O–H groups in total. The molecule has 1 saturated heterocycles. The molecular weight excluding hydrogens is 196 g/mol. The number of aryl methyl sites for hydroxylation is 1. The summed E-state index contributed by atoms with van der Waals surface area (Å²) in [5, 5.41) is 17.1. The minimum Gasteiger partial charge on any atom is -0.357 e. The lowest BCUT2D eigenvalue weighted by molar-refractivity contribution is 0.478. The monoisotopic (exact) mass is 212 g/mol. The van der Waals surface area contributed by atoms with Crippen molar-refractivity contribution in [3.05, 3.63) is 5.01 Å². The third kappa shape index (κ3) is 2.42. The molecule has 2 heterocycles. The molecule has 2 rings (SSSR count). The average molecular weight is 212 g/mol. The molecular formula is C9H16N4S. The zero-order chi connectivity index (χ0) is 9.80. The van der Waals surface area contributed by atoms with Crippen LogP contribution in [0, 0.1) is 0 Å². The van der Waals surface area contributed by atoms with Gasteiger partial charge in [0.2, 0.25) is 5.13 Å². The van der Waals surface area contributed by atoms with Crippen molar-refractivity contribution in [2.45, 2.75) is 32.2 Å². The Morgan fingerprint density at radius 1 is 1.43 bits per heavy atom. The fourth-order valence-corrected chi connectivity index (χ4v) is 2.35. The Balaban J connectivity index is 1.89. The predicted molar refractivity (Wildman–Crippen MR) is 58.8 cm³/mol. The summed E-state index contributed by atoms with van der Waals surface area (Å²) in [6, 6.07) is 0.578. The molecule has 0 aromatic carbocycles. The number of rotatable bonds is 3. The van der Waals surface area contributed by atoms with Gasteiger partial charge in [-0.05, 0) is 32.4 Å². The average Bonchev–Trinajstić information content (AvgIpc) is 2.67. The van der Waals surface area contributed by atoms with Crippen LogP contribution in [0.2, 0.25) is 0 Å². The maximum atomic E-state index is 4.12. The summed E-state index contributed by atoms with van der Waals surface area (Å²) in [7, 11) is 0. The fraction of sp³-hybridized carbons (Fsp3) is 0.778. The minimum absolute atomic E-state index is 0.578. The first-order chi connectivity index (χ1) is 6.88. The van der Waals surface area contributed by atoms with Crippen LogP contribution in [-0.2, 0) is 6.42 Å². The Morgan fingerprint density at radius 2 is 2.21 bits per heavy atom.